The molecule has 99 valence electrons. The summed E-state index contributed by atoms with van der Waals surface area (Å²) in [6, 6.07) is 0.431. The maximum absolute atomic E-state index is 11.0. The van der Waals surface area contributed by atoms with Crippen molar-refractivity contribution in [2.75, 3.05) is 27.7 Å². The first-order valence-corrected chi connectivity index (χ1v) is 6.31. The first-order chi connectivity index (χ1) is 7.88. The second kappa shape index (κ2) is 8.29. The van der Waals surface area contributed by atoms with Crippen molar-refractivity contribution in [2.45, 2.75) is 38.6 Å². The van der Waals surface area contributed by atoms with Crippen molar-refractivity contribution < 1.29 is 14.0 Å². The van der Waals surface area contributed by atoms with Gasteiger partial charge in [-0.2, -0.15) is 0 Å². The summed E-state index contributed by atoms with van der Waals surface area (Å²) in [5.74, 6) is -0.242. The van der Waals surface area contributed by atoms with E-state index in [0.29, 0.717) is 12.6 Å². The highest BCUT2D eigenvalue weighted by Crippen LogP contribution is 2.11. The Labute approximate surface area is 106 Å². The van der Waals surface area contributed by atoms with Crippen molar-refractivity contribution in [3.63, 3.8) is 0 Å². The minimum absolute atomic E-state index is 0.242. The Morgan fingerprint density at radius 3 is 2.47 bits per heavy atom. The lowest BCUT2D eigenvalue weighted by Crippen LogP contribution is -2.43. The molecule has 0 aliphatic rings. The predicted octanol–water partition coefficient (Wildman–Crippen LogP) is 2.57. The Kier molecular flexibility index (Phi) is 7.88. The lowest BCUT2D eigenvalue weighted by atomic mass is 10.1. The van der Waals surface area contributed by atoms with Crippen LogP contribution in [0.1, 0.15) is 32.6 Å². The summed E-state index contributed by atoms with van der Waals surface area (Å²) in [7, 11) is 6.49. The number of unbranched alkanes of at least 4 members (excludes halogenated alkanes) is 2. The van der Waals surface area contributed by atoms with Gasteiger partial charge in [0.1, 0.15) is 0 Å². The zero-order chi connectivity index (χ0) is 13.3. The molecule has 0 amide bonds. The number of carbonyl (C=O) groups is 1. The van der Waals surface area contributed by atoms with Gasteiger partial charge in [0.25, 0.3) is 0 Å². The second-order valence-electron chi connectivity index (χ2n) is 5.29. The van der Waals surface area contributed by atoms with Crippen LogP contribution in [0, 0.1) is 6.92 Å². The van der Waals surface area contributed by atoms with Gasteiger partial charge >= 0.3 is 5.97 Å². The first-order valence-electron chi connectivity index (χ1n) is 6.31. The number of hydrogen-bond acceptors (Lipinski definition) is 2. The van der Waals surface area contributed by atoms with Gasteiger partial charge in [0.15, 0.2) is 0 Å². The highest BCUT2D eigenvalue weighted by Gasteiger charge is 2.17. The van der Waals surface area contributed by atoms with E-state index in [1.165, 1.54) is 6.08 Å². The minimum atomic E-state index is -0.242. The number of nitrogens with zero attached hydrogens (tertiary/aromatic N) is 1. The van der Waals surface area contributed by atoms with Gasteiger partial charge in [0, 0.05) is 13.0 Å². The van der Waals surface area contributed by atoms with Gasteiger partial charge in [-0.15, -0.1) is 0 Å². The van der Waals surface area contributed by atoms with Crippen LogP contribution in [0.15, 0.2) is 12.2 Å². The summed E-state index contributed by atoms with van der Waals surface area (Å²) in [6.45, 7) is 6.49. The molecule has 3 nitrogen and oxygen atoms in total. The Hall–Kier alpha value is -0.830. The zero-order valence-electron chi connectivity index (χ0n) is 11.7. The lowest BCUT2D eigenvalue weighted by molar-refractivity contribution is -0.890. The fourth-order valence-corrected chi connectivity index (χ4v) is 1.40. The second-order valence-corrected chi connectivity index (χ2v) is 5.29. The molecule has 0 aromatic carbocycles. The van der Waals surface area contributed by atoms with E-state index < -0.39 is 0 Å². The number of ether oxygens (including phenoxy) is 1. The number of esters is 1. The molecule has 17 heavy (non-hydrogen) atoms. The summed E-state index contributed by atoms with van der Waals surface area (Å²) in [5, 5.41) is 0. The molecule has 0 aliphatic heterocycles. The Bertz CT molecular complexity index is 241. The fraction of sp³-hybridized carbons (Fsp3) is 0.714. The van der Waals surface area contributed by atoms with Crippen LogP contribution in [-0.4, -0.2) is 44.2 Å². The van der Waals surface area contributed by atoms with Crippen LogP contribution in [0.3, 0.4) is 0 Å². The van der Waals surface area contributed by atoms with Gasteiger partial charge in [0.2, 0.25) is 0 Å². The predicted molar refractivity (Wildman–Crippen MR) is 71.4 cm³/mol. The number of quaternary nitrogens is 1. The molecular weight excluding hydrogens is 214 g/mol. The number of rotatable bonds is 8. The summed E-state index contributed by atoms with van der Waals surface area (Å²) in [6.07, 6.45) is 7.43. The molecule has 0 spiro atoms. The van der Waals surface area contributed by atoms with Gasteiger partial charge < -0.3 is 9.22 Å². The van der Waals surface area contributed by atoms with E-state index in [4.69, 9.17) is 4.74 Å². The van der Waals surface area contributed by atoms with E-state index in [0.717, 1.165) is 30.2 Å². The van der Waals surface area contributed by atoms with Gasteiger partial charge in [-0.1, -0.05) is 6.08 Å². The number of hydrogen-bond donors (Lipinski definition) is 0. The normalized spacial score (nSPS) is 13.9. The monoisotopic (exact) mass is 241 g/mol. The van der Waals surface area contributed by atoms with Crippen LogP contribution in [0.4, 0.5) is 0 Å². The third-order valence-electron chi connectivity index (χ3n) is 2.82. The standard InChI is InChI=1S/C14H27NO2/c1-6-10-14(16)17-12-9-7-8-11-13(2)15(3,4)5/h6,10,13H,2,7-9,11-12H2,1,3-5H3/q+1. The number of allylic oxidation sites excluding steroid dienone is 1. The molecular formula is C14H27NO2+. The zero-order valence-corrected chi connectivity index (χ0v) is 11.7. The van der Waals surface area contributed by atoms with Crippen LogP contribution >= 0.6 is 0 Å². The topological polar surface area (TPSA) is 26.3 Å². The van der Waals surface area contributed by atoms with Crippen LogP contribution < -0.4 is 0 Å². The molecule has 0 N–H and O–H groups in total. The molecule has 1 radical (unpaired) electrons. The smallest absolute Gasteiger partial charge is 0.330 e. The molecule has 0 saturated carbocycles. The van der Waals surface area contributed by atoms with E-state index in [2.05, 4.69) is 28.1 Å². The van der Waals surface area contributed by atoms with Crippen LogP contribution in [0.5, 0.6) is 0 Å². The van der Waals surface area contributed by atoms with E-state index in [9.17, 15) is 4.79 Å². The van der Waals surface area contributed by atoms with Crippen LogP contribution in [0.2, 0.25) is 0 Å². The largest absolute Gasteiger partial charge is 0.463 e. The van der Waals surface area contributed by atoms with Gasteiger partial charge in [-0.3, -0.25) is 0 Å². The molecule has 0 heterocycles. The molecule has 0 aromatic heterocycles. The van der Waals surface area contributed by atoms with Crippen molar-refractivity contribution in [3.05, 3.63) is 19.1 Å². The van der Waals surface area contributed by atoms with Crippen molar-refractivity contribution in [2.24, 2.45) is 0 Å². The van der Waals surface area contributed by atoms with E-state index in [1.807, 2.05) is 0 Å². The quantitative estimate of drug-likeness (QED) is 0.282. The summed E-state index contributed by atoms with van der Waals surface area (Å²) in [5.41, 5.74) is 0. The average molecular weight is 241 g/mol. The van der Waals surface area contributed by atoms with Crippen LogP contribution in [-0.2, 0) is 9.53 Å². The molecule has 1 atom stereocenters. The highest BCUT2D eigenvalue weighted by molar-refractivity contribution is 5.81. The van der Waals surface area contributed by atoms with Gasteiger partial charge in [0.05, 0.1) is 33.8 Å². The summed E-state index contributed by atoms with van der Waals surface area (Å²) in [4.78, 5) is 11.0. The molecule has 0 fully saturated rings. The van der Waals surface area contributed by atoms with E-state index >= 15 is 0 Å². The summed E-state index contributed by atoms with van der Waals surface area (Å²) >= 11 is 0. The van der Waals surface area contributed by atoms with Crippen molar-refractivity contribution in [3.8, 4) is 0 Å². The minimum Gasteiger partial charge on any atom is -0.463 e. The maximum Gasteiger partial charge on any atom is 0.330 e. The van der Waals surface area contributed by atoms with Crippen molar-refractivity contribution in [1.29, 1.82) is 0 Å². The highest BCUT2D eigenvalue weighted by atomic mass is 16.5. The van der Waals surface area contributed by atoms with E-state index in [1.54, 1.807) is 13.0 Å². The third kappa shape index (κ3) is 8.93. The third-order valence-corrected chi connectivity index (χ3v) is 2.82. The van der Waals surface area contributed by atoms with Crippen molar-refractivity contribution >= 4 is 5.97 Å². The SMILES string of the molecule is [CH2]C(CCCCCOC(=O)C=CC)[N+](C)(C)C. The molecule has 1 unspecified atom stereocenters. The first kappa shape index (κ1) is 16.2. The Morgan fingerprint density at radius 1 is 1.29 bits per heavy atom. The maximum atomic E-state index is 11.0. The molecule has 3 heteroatoms. The fourth-order valence-electron chi connectivity index (χ4n) is 1.40. The molecule has 0 aromatic rings. The summed E-state index contributed by atoms with van der Waals surface area (Å²) < 4.78 is 5.91. The van der Waals surface area contributed by atoms with Gasteiger partial charge in [-0.25, -0.2) is 4.79 Å². The Morgan fingerprint density at radius 2 is 1.94 bits per heavy atom. The number of carbonyl (C=O) groups excluding carboxylic acids is 1. The van der Waals surface area contributed by atoms with E-state index in [-0.39, 0.29) is 5.97 Å². The molecule has 0 aliphatic carbocycles. The van der Waals surface area contributed by atoms with Crippen molar-refractivity contribution in [1.82, 2.24) is 0 Å². The Balaban J connectivity index is 3.45. The molecule has 0 rings (SSSR count). The molecule has 0 saturated heterocycles. The molecule has 0 bridgehead atoms. The lowest BCUT2D eigenvalue weighted by Gasteiger charge is -2.31. The van der Waals surface area contributed by atoms with Gasteiger partial charge in [-0.05, 0) is 32.6 Å². The average Bonchev–Trinajstić information content (AvgIpc) is 2.21. The van der Waals surface area contributed by atoms with Crippen LogP contribution in [0.25, 0.3) is 0 Å².